The Morgan fingerprint density at radius 1 is 1.35 bits per heavy atom. The SMILES string of the molecule is CC1=C(N)C(=O)c2c(COC(N)=O)c3n(c2C1=O)C[C@H](N)[C@@H]3S(=O)(=O)[O-]. The second kappa shape index (κ2) is 5.65. The predicted molar refractivity (Wildman–Crippen MR) is 84.8 cm³/mol. The zero-order valence-corrected chi connectivity index (χ0v) is 14.3. The van der Waals surface area contributed by atoms with Gasteiger partial charge in [-0.05, 0) is 6.92 Å². The molecule has 0 radical (unpaired) electrons. The van der Waals surface area contributed by atoms with Crippen molar-refractivity contribution in [3.05, 3.63) is 33.8 Å². The van der Waals surface area contributed by atoms with E-state index in [1.54, 1.807) is 0 Å². The number of aromatic nitrogens is 1. The Labute approximate surface area is 147 Å². The molecule has 6 N–H and O–H groups in total. The highest BCUT2D eigenvalue weighted by Gasteiger charge is 2.46. The van der Waals surface area contributed by atoms with Crippen LogP contribution in [0.3, 0.4) is 0 Å². The molecule has 1 aromatic rings. The lowest BCUT2D eigenvalue weighted by molar-refractivity contribution is 0.0965. The second-order valence-electron chi connectivity index (χ2n) is 6.08. The van der Waals surface area contributed by atoms with E-state index in [0.717, 1.165) is 0 Å². The Morgan fingerprint density at radius 3 is 2.50 bits per heavy atom. The summed E-state index contributed by atoms with van der Waals surface area (Å²) in [5.74, 6) is -1.32. The molecule has 0 spiro atoms. The molecule has 0 bridgehead atoms. The lowest BCUT2D eigenvalue weighted by Crippen LogP contribution is -2.33. The molecule has 2 heterocycles. The van der Waals surface area contributed by atoms with Crippen molar-refractivity contribution >= 4 is 27.8 Å². The number of nitrogens with zero attached hydrogens (tertiary/aromatic N) is 1. The standard InChI is InChI=1S/C14H16N4O7S/c1-4-8(16)12(20)7-5(3-25-14(17)21)9-13(26(22,23)24)6(15)2-18(9)10(7)11(4)19/h6,13H,2-3,15-16H2,1H3,(H2,17,21)(H,22,23,24)/p-1/t6-,13-/m0/s1. The molecule has 1 aliphatic carbocycles. The number of ketones is 2. The quantitative estimate of drug-likeness (QED) is 0.526. The number of rotatable bonds is 3. The Bertz CT molecular complexity index is 1000. The van der Waals surface area contributed by atoms with Gasteiger partial charge in [-0.3, -0.25) is 9.59 Å². The van der Waals surface area contributed by atoms with E-state index in [-0.39, 0.29) is 40.3 Å². The van der Waals surface area contributed by atoms with Crippen LogP contribution in [0.4, 0.5) is 4.79 Å². The van der Waals surface area contributed by atoms with E-state index >= 15 is 0 Å². The van der Waals surface area contributed by atoms with Gasteiger partial charge in [-0.2, -0.15) is 0 Å². The molecular formula is C14H15N4O7S-. The topological polar surface area (TPSA) is 201 Å². The third-order valence-corrected chi connectivity index (χ3v) is 5.76. The summed E-state index contributed by atoms with van der Waals surface area (Å²) in [5.41, 5.74) is 15.5. The van der Waals surface area contributed by atoms with Crippen LogP contribution in [0, 0.1) is 0 Å². The van der Waals surface area contributed by atoms with Crippen LogP contribution >= 0.6 is 0 Å². The fraction of sp³-hybridized carbons (Fsp3) is 0.357. The van der Waals surface area contributed by atoms with Crippen LogP contribution in [0.5, 0.6) is 0 Å². The van der Waals surface area contributed by atoms with Crippen LogP contribution in [-0.2, 0) is 28.0 Å². The lowest BCUT2D eigenvalue weighted by atomic mass is 9.90. The maximum atomic E-state index is 12.6. The van der Waals surface area contributed by atoms with E-state index in [1.807, 2.05) is 0 Å². The van der Waals surface area contributed by atoms with Gasteiger partial charge in [-0.15, -0.1) is 0 Å². The zero-order chi connectivity index (χ0) is 19.5. The van der Waals surface area contributed by atoms with E-state index in [0.29, 0.717) is 0 Å². The van der Waals surface area contributed by atoms with Gasteiger partial charge in [0.1, 0.15) is 27.7 Å². The third kappa shape index (κ3) is 2.41. The molecule has 0 saturated carbocycles. The van der Waals surface area contributed by atoms with Crippen LogP contribution in [0.1, 0.15) is 44.3 Å². The van der Waals surface area contributed by atoms with E-state index in [9.17, 15) is 27.4 Å². The number of hydrogen-bond donors (Lipinski definition) is 3. The van der Waals surface area contributed by atoms with Crippen molar-refractivity contribution in [2.75, 3.05) is 0 Å². The number of amides is 1. The largest absolute Gasteiger partial charge is 0.747 e. The summed E-state index contributed by atoms with van der Waals surface area (Å²) < 4.78 is 41.1. The first kappa shape index (κ1) is 18.1. The molecule has 0 saturated heterocycles. The maximum Gasteiger partial charge on any atom is 0.404 e. The van der Waals surface area contributed by atoms with Crippen molar-refractivity contribution in [3.63, 3.8) is 0 Å². The number of primary amides is 1. The smallest absolute Gasteiger partial charge is 0.404 e. The summed E-state index contributed by atoms with van der Waals surface area (Å²) >= 11 is 0. The zero-order valence-electron chi connectivity index (χ0n) is 13.5. The van der Waals surface area contributed by atoms with Crippen molar-refractivity contribution in [3.8, 4) is 0 Å². The van der Waals surface area contributed by atoms with Crippen LogP contribution in [0.15, 0.2) is 11.3 Å². The summed E-state index contributed by atoms with van der Waals surface area (Å²) in [4.78, 5) is 36.2. The van der Waals surface area contributed by atoms with Gasteiger partial charge in [0.05, 0.1) is 11.3 Å². The van der Waals surface area contributed by atoms with Crippen LogP contribution < -0.4 is 17.2 Å². The van der Waals surface area contributed by atoms with Crippen molar-refractivity contribution < 1.29 is 32.1 Å². The summed E-state index contributed by atoms with van der Waals surface area (Å²) in [7, 11) is -4.92. The van der Waals surface area contributed by atoms with E-state index in [2.05, 4.69) is 4.74 Å². The number of fused-ring (bicyclic) bond motifs is 3. The average molecular weight is 383 g/mol. The van der Waals surface area contributed by atoms with Gasteiger partial charge in [-0.25, -0.2) is 13.2 Å². The Balaban J connectivity index is 2.33. The van der Waals surface area contributed by atoms with Gasteiger partial charge in [0, 0.05) is 29.4 Å². The maximum absolute atomic E-state index is 12.6. The minimum atomic E-state index is -4.92. The molecule has 3 rings (SSSR count). The molecule has 26 heavy (non-hydrogen) atoms. The number of hydrogen-bond acceptors (Lipinski definition) is 9. The number of ether oxygens (including phenoxy) is 1. The molecule has 0 aromatic carbocycles. The average Bonchev–Trinajstić information content (AvgIpc) is 3.00. The Morgan fingerprint density at radius 2 is 1.96 bits per heavy atom. The van der Waals surface area contributed by atoms with Gasteiger partial charge >= 0.3 is 6.09 Å². The van der Waals surface area contributed by atoms with E-state index in [4.69, 9.17) is 17.2 Å². The summed E-state index contributed by atoms with van der Waals surface area (Å²) in [5, 5.41) is -1.71. The van der Waals surface area contributed by atoms with Crippen molar-refractivity contribution in [1.29, 1.82) is 0 Å². The third-order valence-electron chi connectivity index (χ3n) is 4.56. The molecule has 1 aromatic heterocycles. The van der Waals surface area contributed by atoms with Crippen molar-refractivity contribution in [2.45, 2.75) is 31.4 Å². The molecule has 11 nitrogen and oxygen atoms in total. The summed E-state index contributed by atoms with van der Waals surface area (Å²) in [6, 6.07) is -1.13. The lowest BCUT2D eigenvalue weighted by Gasteiger charge is -2.21. The molecule has 12 heteroatoms. The van der Waals surface area contributed by atoms with Gasteiger partial charge in [0.25, 0.3) is 0 Å². The predicted octanol–water partition coefficient (Wildman–Crippen LogP) is -1.38. The Hall–Kier alpha value is -2.70. The highest BCUT2D eigenvalue weighted by Crippen LogP contribution is 2.42. The van der Waals surface area contributed by atoms with Gasteiger partial charge < -0.3 is 31.1 Å². The molecule has 1 aliphatic heterocycles. The normalized spacial score (nSPS) is 22.4. The molecule has 0 fully saturated rings. The fourth-order valence-corrected chi connectivity index (χ4v) is 4.50. The highest BCUT2D eigenvalue weighted by molar-refractivity contribution is 7.86. The minimum absolute atomic E-state index is 0.00725. The molecular weight excluding hydrogens is 368 g/mol. The van der Waals surface area contributed by atoms with Gasteiger partial charge in [0.15, 0.2) is 0 Å². The Kier molecular flexibility index (Phi) is 3.94. The minimum Gasteiger partial charge on any atom is -0.747 e. The van der Waals surface area contributed by atoms with Gasteiger partial charge in [0.2, 0.25) is 11.6 Å². The molecule has 0 unspecified atom stereocenters. The molecule has 1 amide bonds. The number of carbonyl (C=O) groups is 3. The number of Topliss-reactive ketones (excluding diaryl/α,β-unsaturated/α-hetero) is 2. The number of allylic oxidation sites excluding steroid dienone is 2. The number of carbonyl (C=O) groups excluding carboxylic acids is 3. The van der Waals surface area contributed by atoms with Crippen LogP contribution in [0.2, 0.25) is 0 Å². The highest BCUT2D eigenvalue weighted by atomic mass is 32.2. The molecule has 140 valence electrons. The molecule has 2 aliphatic rings. The van der Waals surface area contributed by atoms with Crippen LogP contribution in [-0.4, -0.2) is 41.2 Å². The van der Waals surface area contributed by atoms with Crippen molar-refractivity contribution in [1.82, 2.24) is 4.57 Å². The van der Waals surface area contributed by atoms with Crippen LogP contribution in [0.25, 0.3) is 0 Å². The van der Waals surface area contributed by atoms with E-state index < -0.39 is 45.7 Å². The monoisotopic (exact) mass is 383 g/mol. The first-order valence-corrected chi connectivity index (χ1v) is 8.87. The number of nitrogens with two attached hydrogens (primary N) is 3. The first-order chi connectivity index (χ1) is 12.0. The second-order valence-corrected chi connectivity index (χ2v) is 7.57. The molecule has 2 atom stereocenters. The van der Waals surface area contributed by atoms with E-state index in [1.165, 1.54) is 11.5 Å². The summed E-state index contributed by atoms with van der Waals surface area (Å²) in [6.45, 7) is 0.575. The summed E-state index contributed by atoms with van der Waals surface area (Å²) in [6.07, 6.45) is -1.18. The van der Waals surface area contributed by atoms with Crippen molar-refractivity contribution in [2.24, 2.45) is 17.2 Å². The fourth-order valence-electron chi connectivity index (χ4n) is 3.44. The first-order valence-electron chi connectivity index (χ1n) is 7.40. The van der Waals surface area contributed by atoms with Gasteiger partial charge in [-0.1, -0.05) is 0 Å².